The quantitative estimate of drug-likeness (QED) is 0.858. The second kappa shape index (κ2) is 6.91. The van der Waals surface area contributed by atoms with Crippen molar-refractivity contribution >= 4 is 0 Å². The van der Waals surface area contributed by atoms with Crippen molar-refractivity contribution in [2.45, 2.75) is 38.6 Å². The van der Waals surface area contributed by atoms with Gasteiger partial charge in [-0.05, 0) is 37.4 Å². The van der Waals surface area contributed by atoms with Crippen LogP contribution < -0.4 is 5.32 Å². The molecule has 0 aromatic heterocycles. The minimum atomic E-state index is 0.703. The van der Waals surface area contributed by atoms with E-state index in [1.165, 1.54) is 38.8 Å². The lowest BCUT2D eigenvalue weighted by atomic mass is 10.0. The van der Waals surface area contributed by atoms with E-state index in [-0.39, 0.29) is 0 Å². The first-order chi connectivity index (χ1) is 8.85. The minimum Gasteiger partial charge on any atom is -0.318 e. The van der Waals surface area contributed by atoms with Gasteiger partial charge in [0, 0.05) is 25.7 Å². The second-order valence-electron chi connectivity index (χ2n) is 5.30. The van der Waals surface area contributed by atoms with E-state index in [0.717, 1.165) is 6.54 Å². The molecule has 1 atom stereocenters. The number of nitrogens with zero attached hydrogens (tertiary/aromatic N) is 1. The topological polar surface area (TPSA) is 15.3 Å². The summed E-state index contributed by atoms with van der Waals surface area (Å²) in [6.45, 7) is 5.83. The van der Waals surface area contributed by atoms with Crippen molar-refractivity contribution in [1.29, 1.82) is 0 Å². The molecule has 1 aromatic carbocycles. The number of rotatable bonds is 5. The Morgan fingerprint density at radius 3 is 2.28 bits per heavy atom. The van der Waals surface area contributed by atoms with E-state index in [1.807, 2.05) is 0 Å². The summed E-state index contributed by atoms with van der Waals surface area (Å²) in [5.74, 6) is 0. The summed E-state index contributed by atoms with van der Waals surface area (Å²) in [7, 11) is 2.06. The zero-order valence-electron chi connectivity index (χ0n) is 11.8. The van der Waals surface area contributed by atoms with Crippen LogP contribution in [0.5, 0.6) is 0 Å². The van der Waals surface area contributed by atoms with Crippen LogP contribution in [0, 0.1) is 0 Å². The fourth-order valence-corrected chi connectivity index (χ4v) is 3.03. The van der Waals surface area contributed by atoms with Gasteiger partial charge in [-0.25, -0.2) is 0 Å². The van der Waals surface area contributed by atoms with Crippen LogP contribution in [0.4, 0.5) is 0 Å². The molecule has 1 aliphatic rings. The van der Waals surface area contributed by atoms with Gasteiger partial charge < -0.3 is 5.32 Å². The van der Waals surface area contributed by atoms with Gasteiger partial charge in [-0.15, -0.1) is 0 Å². The van der Waals surface area contributed by atoms with E-state index in [0.29, 0.717) is 6.04 Å². The zero-order valence-corrected chi connectivity index (χ0v) is 11.8. The SMILES string of the molecule is CCCC(CNC)N1CCc2ccccc2CC1. The number of benzene rings is 1. The fourth-order valence-electron chi connectivity index (χ4n) is 3.03. The molecule has 1 aliphatic heterocycles. The molecular weight excluding hydrogens is 220 g/mol. The van der Waals surface area contributed by atoms with Crippen LogP contribution >= 0.6 is 0 Å². The molecule has 0 saturated heterocycles. The van der Waals surface area contributed by atoms with Gasteiger partial charge in [-0.1, -0.05) is 37.6 Å². The first-order valence-electron chi connectivity index (χ1n) is 7.30. The Kier molecular flexibility index (Phi) is 5.21. The summed E-state index contributed by atoms with van der Waals surface area (Å²) in [5, 5.41) is 3.35. The number of hydrogen-bond acceptors (Lipinski definition) is 2. The molecule has 1 unspecified atom stereocenters. The highest BCUT2D eigenvalue weighted by Gasteiger charge is 2.20. The molecule has 1 aromatic rings. The van der Waals surface area contributed by atoms with Crippen LogP contribution in [0.2, 0.25) is 0 Å². The highest BCUT2D eigenvalue weighted by molar-refractivity contribution is 5.28. The Morgan fingerprint density at radius 2 is 1.78 bits per heavy atom. The lowest BCUT2D eigenvalue weighted by Gasteiger charge is -2.30. The molecule has 0 fully saturated rings. The second-order valence-corrected chi connectivity index (χ2v) is 5.30. The van der Waals surface area contributed by atoms with Crippen LogP contribution in [0.1, 0.15) is 30.9 Å². The summed E-state index contributed by atoms with van der Waals surface area (Å²) in [4.78, 5) is 2.68. The largest absolute Gasteiger partial charge is 0.318 e. The van der Waals surface area contributed by atoms with Gasteiger partial charge in [0.2, 0.25) is 0 Å². The molecule has 0 aliphatic carbocycles. The zero-order chi connectivity index (χ0) is 12.8. The number of nitrogens with one attached hydrogen (secondary N) is 1. The van der Waals surface area contributed by atoms with Gasteiger partial charge in [-0.3, -0.25) is 4.90 Å². The number of fused-ring (bicyclic) bond motifs is 1. The summed E-state index contributed by atoms with van der Waals surface area (Å²) in [6, 6.07) is 9.64. The van der Waals surface area contributed by atoms with Crippen molar-refractivity contribution in [3.8, 4) is 0 Å². The first kappa shape index (κ1) is 13.6. The predicted molar refractivity (Wildman–Crippen MR) is 78.0 cm³/mol. The molecule has 0 radical (unpaired) electrons. The van der Waals surface area contributed by atoms with E-state index < -0.39 is 0 Å². The molecule has 0 amide bonds. The average Bonchev–Trinajstić information content (AvgIpc) is 2.61. The lowest BCUT2D eigenvalue weighted by Crippen LogP contribution is -2.42. The standard InChI is InChI=1S/C16H26N2/c1-3-6-16(13-17-2)18-11-9-14-7-4-5-8-15(14)10-12-18/h4-5,7-8,16-17H,3,6,9-13H2,1-2H3. The van der Waals surface area contributed by atoms with Crippen molar-refractivity contribution < 1.29 is 0 Å². The molecule has 1 heterocycles. The van der Waals surface area contributed by atoms with E-state index in [9.17, 15) is 0 Å². The summed E-state index contributed by atoms with van der Waals surface area (Å²) < 4.78 is 0. The van der Waals surface area contributed by atoms with Crippen LogP contribution in [0.3, 0.4) is 0 Å². The van der Waals surface area contributed by atoms with Crippen molar-refractivity contribution in [1.82, 2.24) is 10.2 Å². The minimum absolute atomic E-state index is 0.703. The summed E-state index contributed by atoms with van der Waals surface area (Å²) in [5.41, 5.74) is 3.11. The molecule has 2 heteroatoms. The highest BCUT2D eigenvalue weighted by atomic mass is 15.2. The normalized spacial score (nSPS) is 18.1. The maximum atomic E-state index is 3.35. The van der Waals surface area contributed by atoms with E-state index in [2.05, 4.69) is 48.5 Å². The van der Waals surface area contributed by atoms with E-state index in [4.69, 9.17) is 0 Å². The average molecular weight is 246 g/mol. The Hall–Kier alpha value is -0.860. The monoisotopic (exact) mass is 246 g/mol. The summed E-state index contributed by atoms with van der Waals surface area (Å²) >= 11 is 0. The maximum absolute atomic E-state index is 3.35. The van der Waals surface area contributed by atoms with E-state index >= 15 is 0 Å². The van der Waals surface area contributed by atoms with Crippen LogP contribution in [0.25, 0.3) is 0 Å². The van der Waals surface area contributed by atoms with Crippen molar-refractivity contribution in [2.75, 3.05) is 26.7 Å². The third kappa shape index (κ3) is 3.33. The van der Waals surface area contributed by atoms with Gasteiger partial charge >= 0.3 is 0 Å². The molecule has 2 rings (SSSR count). The van der Waals surface area contributed by atoms with Gasteiger partial charge in [0.05, 0.1) is 0 Å². The van der Waals surface area contributed by atoms with Crippen LogP contribution in [0.15, 0.2) is 24.3 Å². The smallest absolute Gasteiger partial charge is 0.0220 e. The molecule has 2 nitrogen and oxygen atoms in total. The molecule has 0 bridgehead atoms. The first-order valence-corrected chi connectivity index (χ1v) is 7.30. The molecule has 0 saturated carbocycles. The van der Waals surface area contributed by atoms with Crippen LogP contribution in [-0.2, 0) is 12.8 Å². The van der Waals surface area contributed by atoms with Gasteiger partial charge in [0.25, 0.3) is 0 Å². The third-order valence-corrected chi connectivity index (χ3v) is 4.03. The number of hydrogen-bond donors (Lipinski definition) is 1. The van der Waals surface area contributed by atoms with Crippen LogP contribution in [-0.4, -0.2) is 37.6 Å². The molecule has 18 heavy (non-hydrogen) atoms. The highest BCUT2D eigenvalue weighted by Crippen LogP contribution is 2.18. The Labute approximate surface area is 111 Å². The van der Waals surface area contributed by atoms with Gasteiger partial charge in [0.15, 0.2) is 0 Å². The molecule has 100 valence electrons. The Bertz CT molecular complexity index is 329. The fraction of sp³-hybridized carbons (Fsp3) is 0.625. The number of likely N-dealkylation sites (N-methyl/N-ethyl adjacent to an activating group) is 1. The predicted octanol–water partition coefficient (Wildman–Crippen LogP) is 2.48. The molecule has 1 N–H and O–H groups in total. The molecular formula is C16H26N2. The van der Waals surface area contributed by atoms with Crippen molar-refractivity contribution in [3.05, 3.63) is 35.4 Å². The van der Waals surface area contributed by atoms with E-state index in [1.54, 1.807) is 11.1 Å². The Balaban J connectivity index is 2.01. The molecule has 0 spiro atoms. The lowest BCUT2D eigenvalue weighted by molar-refractivity contribution is 0.191. The third-order valence-electron chi connectivity index (χ3n) is 4.03. The Morgan fingerprint density at radius 1 is 1.17 bits per heavy atom. The maximum Gasteiger partial charge on any atom is 0.0220 e. The van der Waals surface area contributed by atoms with Crippen molar-refractivity contribution in [3.63, 3.8) is 0 Å². The van der Waals surface area contributed by atoms with Gasteiger partial charge in [0.1, 0.15) is 0 Å². The summed E-state index contributed by atoms with van der Waals surface area (Å²) in [6.07, 6.45) is 4.99. The van der Waals surface area contributed by atoms with Crippen molar-refractivity contribution in [2.24, 2.45) is 0 Å². The van der Waals surface area contributed by atoms with Gasteiger partial charge in [-0.2, -0.15) is 0 Å².